The molecule has 2 saturated carbocycles. The standard InChI is InChI=1S/C14H23NS2/c1-9-2-7-12-13(8-9)17-14(15-12)10-3-5-11(16)6-4-10/h9-13,16H,2-8H2,1H3. The van der Waals surface area contributed by atoms with Crippen molar-refractivity contribution in [2.75, 3.05) is 0 Å². The molecular weight excluding hydrogens is 246 g/mol. The lowest BCUT2D eigenvalue weighted by atomic mass is 9.87. The van der Waals surface area contributed by atoms with Crippen LogP contribution >= 0.6 is 24.4 Å². The van der Waals surface area contributed by atoms with E-state index in [0.717, 1.165) is 17.1 Å². The van der Waals surface area contributed by atoms with Crippen LogP contribution in [0.25, 0.3) is 0 Å². The third kappa shape index (κ3) is 2.70. The fourth-order valence-electron chi connectivity index (χ4n) is 3.46. The van der Waals surface area contributed by atoms with E-state index in [1.54, 1.807) is 0 Å². The third-order valence-corrected chi connectivity index (χ3v) is 6.64. The summed E-state index contributed by atoms with van der Waals surface area (Å²) < 4.78 is 0. The first-order chi connectivity index (χ1) is 8.22. The zero-order valence-corrected chi connectivity index (χ0v) is 12.4. The highest BCUT2D eigenvalue weighted by atomic mass is 32.2. The predicted octanol–water partition coefficient (Wildman–Crippen LogP) is 4.18. The smallest absolute Gasteiger partial charge is 0.0714 e. The number of rotatable bonds is 1. The second kappa shape index (κ2) is 5.16. The first-order valence-corrected chi connectivity index (χ1v) is 8.54. The Kier molecular flexibility index (Phi) is 3.77. The molecule has 0 aromatic rings. The van der Waals surface area contributed by atoms with Crippen LogP contribution in [0.3, 0.4) is 0 Å². The van der Waals surface area contributed by atoms with Crippen molar-refractivity contribution in [3.8, 4) is 0 Å². The first kappa shape index (κ1) is 12.4. The summed E-state index contributed by atoms with van der Waals surface area (Å²) in [6, 6.07) is 0.667. The van der Waals surface area contributed by atoms with Gasteiger partial charge in [0.25, 0.3) is 0 Å². The Balaban J connectivity index is 1.62. The van der Waals surface area contributed by atoms with E-state index in [4.69, 9.17) is 4.99 Å². The topological polar surface area (TPSA) is 12.4 Å². The van der Waals surface area contributed by atoms with Gasteiger partial charge in [0.05, 0.1) is 11.1 Å². The van der Waals surface area contributed by atoms with Crippen LogP contribution in [0, 0.1) is 11.8 Å². The molecule has 0 saturated heterocycles. The van der Waals surface area contributed by atoms with Crippen molar-refractivity contribution in [3.05, 3.63) is 0 Å². The Morgan fingerprint density at radius 3 is 2.65 bits per heavy atom. The highest BCUT2D eigenvalue weighted by molar-refractivity contribution is 8.14. The molecule has 3 rings (SSSR count). The van der Waals surface area contributed by atoms with E-state index in [9.17, 15) is 0 Å². The number of nitrogens with zero attached hydrogens (tertiary/aromatic N) is 1. The molecule has 2 aliphatic carbocycles. The number of hydrogen-bond acceptors (Lipinski definition) is 3. The van der Waals surface area contributed by atoms with E-state index >= 15 is 0 Å². The lowest BCUT2D eigenvalue weighted by molar-refractivity contribution is 0.362. The third-order valence-electron chi connectivity index (χ3n) is 4.63. The van der Waals surface area contributed by atoms with Gasteiger partial charge >= 0.3 is 0 Å². The molecule has 3 heteroatoms. The van der Waals surface area contributed by atoms with Crippen LogP contribution in [-0.2, 0) is 0 Å². The number of hydrogen-bond donors (Lipinski definition) is 1. The Morgan fingerprint density at radius 2 is 1.88 bits per heavy atom. The Bertz CT molecular complexity index is 307. The van der Waals surface area contributed by atoms with E-state index in [2.05, 4.69) is 31.3 Å². The monoisotopic (exact) mass is 269 g/mol. The van der Waals surface area contributed by atoms with Crippen LogP contribution in [0.2, 0.25) is 0 Å². The summed E-state index contributed by atoms with van der Waals surface area (Å²) in [5.74, 6) is 1.70. The average molecular weight is 269 g/mol. The van der Waals surface area contributed by atoms with Crippen LogP contribution in [-0.4, -0.2) is 21.6 Å². The van der Waals surface area contributed by atoms with Gasteiger partial charge in [-0.2, -0.15) is 12.6 Å². The van der Waals surface area contributed by atoms with Crippen LogP contribution in [0.1, 0.15) is 51.9 Å². The fourth-order valence-corrected chi connectivity index (χ4v) is 5.47. The molecule has 0 aromatic heterocycles. The lowest BCUT2D eigenvalue weighted by Gasteiger charge is -2.27. The van der Waals surface area contributed by atoms with Crippen molar-refractivity contribution < 1.29 is 0 Å². The number of thioether (sulfide) groups is 1. The summed E-state index contributed by atoms with van der Waals surface area (Å²) >= 11 is 6.72. The van der Waals surface area contributed by atoms with Crippen molar-refractivity contribution in [1.82, 2.24) is 0 Å². The van der Waals surface area contributed by atoms with Gasteiger partial charge in [0.15, 0.2) is 0 Å². The maximum Gasteiger partial charge on any atom is 0.0714 e. The Morgan fingerprint density at radius 1 is 1.12 bits per heavy atom. The van der Waals surface area contributed by atoms with Gasteiger partial charge in [0.1, 0.15) is 0 Å². The second-order valence-electron chi connectivity index (χ2n) is 6.11. The molecule has 0 N–H and O–H groups in total. The summed E-state index contributed by atoms with van der Waals surface area (Å²) in [5.41, 5.74) is 0. The van der Waals surface area contributed by atoms with E-state index < -0.39 is 0 Å². The van der Waals surface area contributed by atoms with Crippen molar-refractivity contribution >= 4 is 29.4 Å². The molecule has 0 spiro atoms. The highest BCUT2D eigenvalue weighted by Crippen LogP contribution is 2.43. The lowest BCUT2D eigenvalue weighted by Crippen LogP contribution is -2.26. The van der Waals surface area contributed by atoms with Gasteiger partial charge in [0.2, 0.25) is 0 Å². The quantitative estimate of drug-likeness (QED) is 0.704. The molecule has 3 atom stereocenters. The fraction of sp³-hybridized carbons (Fsp3) is 0.929. The molecular formula is C14H23NS2. The molecule has 0 aromatic carbocycles. The van der Waals surface area contributed by atoms with Gasteiger partial charge in [0, 0.05) is 16.4 Å². The van der Waals surface area contributed by atoms with Gasteiger partial charge in [-0.05, 0) is 50.9 Å². The van der Waals surface area contributed by atoms with Gasteiger partial charge in [-0.3, -0.25) is 4.99 Å². The highest BCUT2D eigenvalue weighted by Gasteiger charge is 2.37. The van der Waals surface area contributed by atoms with Crippen LogP contribution in [0.4, 0.5) is 0 Å². The normalized spacial score (nSPS) is 46.5. The molecule has 3 unspecified atom stereocenters. The molecule has 3 aliphatic rings. The van der Waals surface area contributed by atoms with Crippen LogP contribution < -0.4 is 0 Å². The van der Waals surface area contributed by atoms with Crippen molar-refractivity contribution in [1.29, 1.82) is 0 Å². The summed E-state index contributed by atoms with van der Waals surface area (Å²) in [4.78, 5) is 5.05. The first-order valence-electron chi connectivity index (χ1n) is 7.15. The van der Waals surface area contributed by atoms with E-state index in [-0.39, 0.29) is 0 Å². The number of fused-ring (bicyclic) bond motifs is 1. The minimum Gasteiger partial charge on any atom is -0.278 e. The molecule has 2 fully saturated rings. The minimum absolute atomic E-state index is 0.653. The van der Waals surface area contributed by atoms with Crippen LogP contribution in [0.5, 0.6) is 0 Å². The number of thiol groups is 1. The second-order valence-corrected chi connectivity index (χ2v) is 8.10. The summed E-state index contributed by atoms with van der Waals surface area (Å²) in [7, 11) is 0. The molecule has 0 bridgehead atoms. The van der Waals surface area contributed by atoms with Crippen molar-refractivity contribution in [3.63, 3.8) is 0 Å². The zero-order valence-electron chi connectivity index (χ0n) is 10.6. The maximum atomic E-state index is 5.05. The van der Waals surface area contributed by atoms with Gasteiger partial charge in [-0.15, -0.1) is 11.8 Å². The summed E-state index contributed by atoms with van der Waals surface area (Å²) in [6.45, 7) is 2.40. The molecule has 1 heterocycles. The van der Waals surface area contributed by atoms with E-state index in [0.29, 0.717) is 11.3 Å². The Labute approximate surface area is 115 Å². The van der Waals surface area contributed by atoms with Gasteiger partial charge < -0.3 is 0 Å². The van der Waals surface area contributed by atoms with Crippen molar-refractivity contribution in [2.45, 2.75) is 68.4 Å². The molecule has 96 valence electrons. The largest absolute Gasteiger partial charge is 0.278 e. The van der Waals surface area contributed by atoms with Gasteiger partial charge in [-0.1, -0.05) is 6.92 Å². The molecule has 1 nitrogen and oxygen atoms in total. The SMILES string of the molecule is CC1CCC2N=C(C3CCC(S)CC3)SC2C1. The Hall–Kier alpha value is 0.370. The van der Waals surface area contributed by atoms with Crippen LogP contribution in [0.15, 0.2) is 4.99 Å². The predicted molar refractivity (Wildman–Crippen MR) is 80.3 cm³/mol. The summed E-state index contributed by atoms with van der Waals surface area (Å²) in [6.07, 6.45) is 9.36. The van der Waals surface area contributed by atoms with Crippen molar-refractivity contribution in [2.24, 2.45) is 16.8 Å². The summed E-state index contributed by atoms with van der Waals surface area (Å²) in [5, 5.41) is 2.98. The minimum atomic E-state index is 0.653. The maximum absolute atomic E-state index is 5.05. The molecule has 17 heavy (non-hydrogen) atoms. The average Bonchev–Trinajstić information content (AvgIpc) is 2.72. The molecule has 0 amide bonds. The zero-order chi connectivity index (χ0) is 11.8. The van der Waals surface area contributed by atoms with E-state index in [1.165, 1.54) is 50.0 Å². The number of aliphatic imine (C=N–C) groups is 1. The van der Waals surface area contributed by atoms with E-state index in [1.807, 2.05) is 0 Å². The molecule has 1 aliphatic heterocycles. The molecule has 0 radical (unpaired) electrons. The van der Waals surface area contributed by atoms with Gasteiger partial charge in [-0.25, -0.2) is 0 Å².